The van der Waals surface area contributed by atoms with Crippen LogP contribution in [0.1, 0.15) is 81.5 Å². The summed E-state index contributed by atoms with van der Waals surface area (Å²) in [5, 5.41) is 10.1. The second-order valence-electron chi connectivity index (χ2n) is 17.0. The molecule has 15 nitrogen and oxygen atoms in total. The minimum absolute atomic E-state index is 0. The van der Waals surface area contributed by atoms with Crippen LogP contribution in [0.5, 0.6) is 5.75 Å². The molecule has 410 valence electrons. The van der Waals surface area contributed by atoms with Crippen LogP contribution in [0.15, 0.2) is 78.4 Å². The lowest BCUT2D eigenvalue weighted by molar-refractivity contribution is -0.159. The number of ether oxygens (including phenoxy) is 3. The SMILES string of the molecule is C.CCC[C@H]1N(C(=O)c2cnccc2C(F)(F)F)CCC[C@@]1(Oc1csc(C(F)(F)F)c1)C(=O)N1CCN(c2ccccc2C(=O)NCCOC)CC1.COCCNC(=O)c1ccccc1N1CCNCC1.Cl.Cl. The van der Waals surface area contributed by atoms with Crippen molar-refractivity contribution in [1.29, 1.82) is 0 Å². The van der Waals surface area contributed by atoms with Crippen molar-refractivity contribution in [3.63, 3.8) is 0 Å². The average molecular weight is 1110 g/mol. The number of likely N-dealkylation sites (tertiary alicyclic amines) is 1. The molecule has 0 spiro atoms. The van der Waals surface area contributed by atoms with E-state index in [9.17, 15) is 45.5 Å². The lowest BCUT2D eigenvalue weighted by atomic mass is 9.79. The Hall–Kier alpha value is -5.39. The summed E-state index contributed by atoms with van der Waals surface area (Å²) in [4.78, 5) is 63.7. The highest BCUT2D eigenvalue weighted by molar-refractivity contribution is 7.10. The molecule has 2 aromatic heterocycles. The van der Waals surface area contributed by atoms with E-state index in [0.717, 1.165) is 61.3 Å². The van der Waals surface area contributed by atoms with Gasteiger partial charge in [-0.15, -0.1) is 36.2 Å². The molecule has 2 atom stereocenters. The Balaban J connectivity index is 0.000000553. The molecule has 74 heavy (non-hydrogen) atoms. The first kappa shape index (κ1) is 62.9. The lowest BCUT2D eigenvalue weighted by Gasteiger charge is -2.51. The van der Waals surface area contributed by atoms with Crippen LogP contribution in [0.4, 0.5) is 37.7 Å². The molecular formula is C50H66Cl2F6N8O7S. The Morgan fingerprint density at radius 3 is 1.84 bits per heavy atom. The van der Waals surface area contributed by atoms with Crippen LogP contribution < -0.4 is 30.5 Å². The van der Waals surface area contributed by atoms with Gasteiger partial charge in [0.15, 0.2) is 0 Å². The minimum atomic E-state index is -4.87. The summed E-state index contributed by atoms with van der Waals surface area (Å²) >= 11 is 0.387. The van der Waals surface area contributed by atoms with E-state index in [4.69, 9.17) is 14.2 Å². The molecule has 0 bridgehead atoms. The van der Waals surface area contributed by atoms with Crippen molar-refractivity contribution in [2.45, 2.75) is 64.0 Å². The zero-order chi connectivity index (χ0) is 51.2. The number of para-hydroxylation sites is 2. The third-order valence-corrected chi connectivity index (χ3v) is 13.4. The molecule has 0 aliphatic carbocycles. The second-order valence-corrected chi connectivity index (χ2v) is 17.9. The summed E-state index contributed by atoms with van der Waals surface area (Å²) in [6.07, 6.45) is -7.18. The maximum absolute atomic E-state index is 14.8. The van der Waals surface area contributed by atoms with Crippen molar-refractivity contribution in [2.75, 3.05) is 109 Å². The van der Waals surface area contributed by atoms with Crippen molar-refractivity contribution in [2.24, 2.45) is 0 Å². The Labute approximate surface area is 444 Å². The maximum Gasteiger partial charge on any atom is 0.425 e. The number of carbonyl (C=O) groups excluding carboxylic acids is 4. The number of thiophene rings is 1. The van der Waals surface area contributed by atoms with E-state index in [0.29, 0.717) is 61.4 Å². The first-order valence-electron chi connectivity index (χ1n) is 23.4. The number of halogens is 8. The molecule has 4 amide bonds. The van der Waals surface area contributed by atoms with Gasteiger partial charge in [0.2, 0.25) is 5.60 Å². The van der Waals surface area contributed by atoms with Crippen molar-refractivity contribution in [3.8, 4) is 5.75 Å². The highest BCUT2D eigenvalue weighted by Gasteiger charge is 2.56. The molecule has 3 aliphatic rings. The summed E-state index contributed by atoms with van der Waals surface area (Å²) < 4.78 is 99.3. The molecular weight excluding hydrogens is 1040 g/mol. The summed E-state index contributed by atoms with van der Waals surface area (Å²) in [6, 6.07) is 15.1. The van der Waals surface area contributed by atoms with Gasteiger partial charge >= 0.3 is 12.4 Å². The number of piperidine rings is 1. The van der Waals surface area contributed by atoms with Crippen LogP contribution in [-0.2, 0) is 26.6 Å². The Bertz CT molecular complexity index is 2420. The number of piperazine rings is 2. The maximum atomic E-state index is 14.8. The number of anilines is 2. The van der Waals surface area contributed by atoms with Gasteiger partial charge in [-0.05, 0) is 43.2 Å². The number of nitrogens with zero attached hydrogens (tertiary/aromatic N) is 5. The number of nitrogens with one attached hydrogen (secondary N) is 3. The largest absolute Gasteiger partial charge is 0.474 e. The van der Waals surface area contributed by atoms with E-state index in [-0.39, 0.29) is 102 Å². The number of benzene rings is 2. The van der Waals surface area contributed by atoms with Gasteiger partial charge in [-0.1, -0.05) is 45.0 Å². The van der Waals surface area contributed by atoms with Gasteiger partial charge < -0.3 is 49.8 Å². The molecule has 24 heteroatoms. The second kappa shape index (κ2) is 29.1. The van der Waals surface area contributed by atoms with Crippen LogP contribution in [0.3, 0.4) is 0 Å². The van der Waals surface area contributed by atoms with E-state index >= 15 is 0 Å². The Morgan fingerprint density at radius 1 is 0.770 bits per heavy atom. The van der Waals surface area contributed by atoms with Crippen LogP contribution >= 0.6 is 36.2 Å². The number of methoxy groups -OCH3 is 2. The molecule has 3 N–H and O–H groups in total. The molecule has 0 unspecified atom stereocenters. The van der Waals surface area contributed by atoms with Crippen LogP contribution in [-0.4, -0.2) is 149 Å². The van der Waals surface area contributed by atoms with E-state index in [1.807, 2.05) is 29.2 Å². The highest BCUT2D eigenvalue weighted by Crippen LogP contribution is 2.43. The topological polar surface area (TPSA) is 158 Å². The molecule has 3 fully saturated rings. The molecule has 7 rings (SSSR count). The Kier molecular flexibility index (Phi) is 24.7. The van der Waals surface area contributed by atoms with Crippen LogP contribution in [0.25, 0.3) is 0 Å². The van der Waals surface area contributed by atoms with Gasteiger partial charge in [0.1, 0.15) is 10.6 Å². The summed E-state index contributed by atoms with van der Waals surface area (Å²) in [5.74, 6) is -2.16. The van der Waals surface area contributed by atoms with E-state index in [1.165, 1.54) is 16.9 Å². The fourth-order valence-corrected chi connectivity index (χ4v) is 9.71. The van der Waals surface area contributed by atoms with Gasteiger partial charge in [0.05, 0.1) is 41.5 Å². The summed E-state index contributed by atoms with van der Waals surface area (Å²) in [7, 11) is 3.15. The van der Waals surface area contributed by atoms with Gasteiger partial charge in [0.25, 0.3) is 23.6 Å². The van der Waals surface area contributed by atoms with E-state index in [2.05, 4.69) is 25.8 Å². The minimum Gasteiger partial charge on any atom is -0.474 e. The molecule has 3 saturated heterocycles. The standard InChI is InChI=1S/C35H39F6N5O5S.C14H21N3O2.CH4.2ClH/c1-3-7-28-33(51-23-20-29(52-22-23)35(39,40)41,11-6-14-46(28)31(48)25-21-42-12-10-26(25)34(36,37)38)32(49)45-17-15-44(16-18-45)27-9-5-4-8-24(27)30(47)43-13-19-50-2;1-19-11-8-16-14(18)12-4-2-3-5-13(12)17-9-6-15-7-10-17;;;/h4-5,8-10,12,20-22,28H,3,6-7,11,13-19H2,1-2H3,(H,43,47);2-5,15H,6-11H2,1H3,(H,16,18);1H4;2*1H/t28-,33+;;;;/m1..../s1. The number of amides is 4. The predicted molar refractivity (Wildman–Crippen MR) is 277 cm³/mol. The normalized spacial score (nSPS) is 17.8. The monoisotopic (exact) mass is 1110 g/mol. The molecule has 0 saturated carbocycles. The van der Waals surface area contributed by atoms with Gasteiger partial charge in [-0.25, -0.2) is 0 Å². The smallest absolute Gasteiger partial charge is 0.425 e. The number of aromatic nitrogens is 1. The fraction of sp³-hybridized carbons (Fsp3) is 0.500. The number of carbonyl (C=O) groups is 4. The summed E-state index contributed by atoms with van der Waals surface area (Å²) in [6.45, 7) is 8.07. The first-order valence-corrected chi connectivity index (χ1v) is 24.3. The molecule has 5 heterocycles. The molecule has 0 radical (unpaired) electrons. The third-order valence-electron chi connectivity index (χ3n) is 12.4. The van der Waals surface area contributed by atoms with Gasteiger partial charge in [0, 0.05) is 128 Å². The number of rotatable bonds is 16. The van der Waals surface area contributed by atoms with E-state index < -0.39 is 51.8 Å². The number of hydrogen-bond acceptors (Lipinski definition) is 12. The van der Waals surface area contributed by atoms with E-state index in [1.54, 1.807) is 38.3 Å². The number of pyridine rings is 1. The predicted octanol–water partition coefficient (Wildman–Crippen LogP) is 8.08. The quantitative estimate of drug-likeness (QED) is 0.0737. The average Bonchev–Trinajstić information content (AvgIpc) is 3.86. The molecule has 3 aliphatic heterocycles. The van der Waals surface area contributed by atoms with Crippen molar-refractivity contribution < 1.29 is 59.7 Å². The zero-order valence-electron chi connectivity index (χ0n) is 40.7. The van der Waals surface area contributed by atoms with Gasteiger partial charge in [-0.3, -0.25) is 24.2 Å². The molecule has 2 aromatic carbocycles. The van der Waals surface area contributed by atoms with Crippen molar-refractivity contribution in [3.05, 3.63) is 106 Å². The lowest BCUT2D eigenvalue weighted by Crippen LogP contribution is -2.69. The Morgan fingerprint density at radius 2 is 1.32 bits per heavy atom. The summed E-state index contributed by atoms with van der Waals surface area (Å²) in [5.41, 5.74) is -0.997. The zero-order valence-corrected chi connectivity index (χ0v) is 43.1. The van der Waals surface area contributed by atoms with Crippen LogP contribution in [0.2, 0.25) is 0 Å². The number of alkyl halides is 6. The number of hydrogen-bond donors (Lipinski definition) is 3. The van der Waals surface area contributed by atoms with Crippen molar-refractivity contribution >= 4 is 71.2 Å². The fourth-order valence-electron chi connectivity index (χ4n) is 9.03. The molecule has 4 aromatic rings. The van der Waals surface area contributed by atoms with Crippen molar-refractivity contribution in [1.82, 2.24) is 30.7 Å². The highest BCUT2D eigenvalue weighted by atomic mass is 35.5. The third kappa shape index (κ3) is 15.6. The van der Waals surface area contributed by atoms with Crippen LogP contribution in [0, 0.1) is 0 Å². The van der Waals surface area contributed by atoms with Gasteiger partial charge in [-0.2, -0.15) is 26.3 Å². The first-order chi connectivity index (χ1) is 34.0.